The first-order chi connectivity index (χ1) is 7.33. The molecule has 2 fully saturated rings. The fourth-order valence-corrected chi connectivity index (χ4v) is 3.23. The maximum absolute atomic E-state index is 9.95. The van der Waals surface area contributed by atoms with E-state index in [2.05, 4.69) is 10.8 Å². The van der Waals surface area contributed by atoms with Gasteiger partial charge in [-0.1, -0.05) is 18.8 Å². The molecule has 1 aliphatic heterocycles. The van der Waals surface area contributed by atoms with Crippen LogP contribution in [-0.2, 0) is 0 Å². The summed E-state index contributed by atoms with van der Waals surface area (Å²) in [4.78, 5) is 2.41. The lowest BCUT2D eigenvalue weighted by molar-refractivity contribution is 0.0427. The predicted molar refractivity (Wildman–Crippen MR) is 61.4 cm³/mol. The van der Waals surface area contributed by atoms with Gasteiger partial charge in [0.15, 0.2) is 0 Å². The van der Waals surface area contributed by atoms with Gasteiger partial charge in [-0.05, 0) is 32.2 Å². The molecule has 2 heteroatoms. The Morgan fingerprint density at radius 2 is 2.07 bits per heavy atom. The van der Waals surface area contributed by atoms with Gasteiger partial charge < -0.3 is 5.11 Å². The van der Waals surface area contributed by atoms with Gasteiger partial charge >= 0.3 is 0 Å². The van der Waals surface area contributed by atoms with E-state index < -0.39 is 0 Å². The molecule has 0 aromatic heterocycles. The molecular formula is C13H21NO. The minimum atomic E-state index is -0.0756. The van der Waals surface area contributed by atoms with Crippen LogP contribution in [-0.4, -0.2) is 35.2 Å². The van der Waals surface area contributed by atoms with Crippen LogP contribution in [0.2, 0.25) is 0 Å². The van der Waals surface area contributed by atoms with Crippen molar-refractivity contribution in [2.45, 2.75) is 50.7 Å². The van der Waals surface area contributed by atoms with Crippen molar-refractivity contribution in [2.24, 2.45) is 5.92 Å². The molecule has 2 rings (SSSR count). The van der Waals surface area contributed by atoms with Crippen LogP contribution in [0.25, 0.3) is 0 Å². The van der Waals surface area contributed by atoms with E-state index in [-0.39, 0.29) is 6.10 Å². The number of likely N-dealkylation sites (tertiary alicyclic amines) is 1. The predicted octanol–water partition coefficient (Wildman–Crippen LogP) is 1.64. The standard InChI is InChI=1S/C13H21NO/c1-2-9-14-10-4-3-7-12(14)11-6-5-8-13(11)15/h1,11-13,15H,3-10H2. The van der Waals surface area contributed by atoms with Crippen LogP contribution >= 0.6 is 0 Å². The van der Waals surface area contributed by atoms with Gasteiger partial charge in [0.1, 0.15) is 0 Å². The molecule has 2 aliphatic rings. The topological polar surface area (TPSA) is 23.5 Å². The van der Waals surface area contributed by atoms with E-state index in [4.69, 9.17) is 6.42 Å². The first-order valence-electron chi connectivity index (χ1n) is 6.18. The van der Waals surface area contributed by atoms with E-state index in [0.29, 0.717) is 12.0 Å². The van der Waals surface area contributed by atoms with Gasteiger partial charge in [0.25, 0.3) is 0 Å². The van der Waals surface area contributed by atoms with E-state index >= 15 is 0 Å². The third kappa shape index (κ3) is 2.35. The fraction of sp³-hybridized carbons (Fsp3) is 0.846. The van der Waals surface area contributed by atoms with Gasteiger partial charge in [-0.3, -0.25) is 4.90 Å². The second-order valence-corrected chi connectivity index (χ2v) is 4.90. The highest BCUT2D eigenvalue weighted by atomic mass is 16.3. The highest BCUT2D eigenvalue weighted by Crippen LogP contribution is 2.34. The zero-order valence-corrected chi connectivity index (χ0v) is 9.36. The molecule has 1 aliphatic carbocycles. The summed E-state index contributed by atoms with van der Waals surface area (Å²) in [7, 11) is 0. The number of piperidine rings is 1. The minimum absolute atomic E-state index is 0.0756. The fourth-order valence-electron chi connectivity index (χ4n) is 3.23. The van der Waals surface area contributed by atoms with Crippen LogP contribution < -0.4 is 0 Å². The van der Waals surface area contributed by atoms with Crippen LogP contribution in [0.4, 0.5) is 0 Å². The van der Waals surface area contributed by atoms with Crippen molar-refractivity contribution in [1.82, 2.24) is 4.90 Å². The molecule has 0 aromatic rings. The second-order valence-electron chi connectivity index (χ2n) is 4.90. The largest absolute Gasteiger partial charge is 0.393 e. The summed E-state index contributed by atoms with van der Waals surface area (Å²) < 4.78 is 0. The molecule has 1 saturated heterocycles. The van der Waals surface area contributed by atoms with E-state index in [1.807, 2.05) is 0 Å². The maximum atomic E-state index is 9.95. The molecule has 1 heterocycles. The monoisotopic (exact) mass is 207 g/mol. The Morgan fingerprint density at radius 1 is 1.20 bits per heavy atom. The quantitative estimate of drug-likeness (QED) is 0.696. The third-order valence-electron chi connectivity index (χ3n) is 3.98. The summed E-state index contributed by atoms with van der Waals surface area (Å²) in [6, 6.07) is 0.548. The summed E-state index contributed by atoms with van der Waals surface area (Å²) in [6.07, 6.45) is 12.5. The lowest BCUT2D eigenvalue weighted by Crippen LogP contribution is -2.46. The number of terminal acetylenes is 1. The average molecular weight is 207 g/mol. The van der Waals surface area contributed by atoms with Crippen molar-refractivity contribution < 1.29 is 5.11 Å². The molecule has 1 saturated carbocycles. The van der Waals surface area contributed by atoms with Crippen molar-refractivity contribution in [3.63, 3.8) is 0 Å². The lowest BCUT2D eigenvalue weighted by Gasteiger charge is -2.39. The number of rotatable bonds is 2. The Labute approximate surface area is 92.7 Å². The lowest BCUT2D eigenvalue weighted by atomic mass is 9.88. The third-order valence-corrected chi connectivity index (χ3v) is 3.98. The Kier molecular flexibility index (Phi) is 3.66. The minimum Gasteiger partial charge on any atom is -0.393 e. The van der Waals surface area contributed by atoms with Gasteiger partial charge in [0, 0.05) is 12.0 Å². The molecule has 0 amide bonds. The summed E-state index contributed by atoms with van der Waals surface area (Å²) in [5, 5.41) is 9.95. The first kappa shape index (κ1) is 11.0. The Bertz CT molecular complexity index is 245. The van der Waals surface area contributed by atoms with Crippen LogP contribution in [0.1, 0.15) is 38.5 Å². The summed E-state index contributed by atoms with van der Waals surface area (Å²) in [5.74, 6) is 3.23. The van der Waals surface area contributed by atoms with Gasteiger partial charge in [-0.2, -0.15) is 0 Å². The summed E-state index contributed by atoms with van der Waals surface area (Å²) in [5.41, 5.74) is 0. The summed E-state index contributed by atoms with van der Waals surface area (Å²) >= 11 is 0. The highest BCUT2D eigenvalue weighted by Gasteiger charge is 2.36. The van der Waals surface area contributed by atoms with Gasteiger partial charge in [0.2, 0.25) is 0 Å². The Balaban J connectivity index is 2.00. The first-order valence-corrected chi connectivity index (χ1v) is 6.18. The van der Waals surface area contributed by atoms with Crippen molar-refractivity contribution in [1.29, 1.82) is 0 Å². The molecule has 2 nitrogen and oxygen atoms in total. The number of aliphatic hydroxyl groups excluding tert-OH is 1. The van der Waals surface area contributed by atoms with Crippen LogP contribution in [0.5, 0.6) is 0 Å². The zero-order valence-electron chi connectivity index (χ0n) is 9.36. The molecule has 3 unspecified atom stereocenters. The van der Waals surface area contributed by atoms with E-state index in [1.165, 1.54) is 32.1 Å². The van der Waals surface area contributed by atoms with Crippen LogP contribution in [0.3, 0.4) is 0 Å². The molecular weight excluding hydrogens is 186 g/mol. The molecule has 0 radical (unpaired) electrons. The molecule has 0 bridgehead atoms. The van der Waals surface area contributed by atoms with Gasteiger partial charge in [-0.15, -0.1) is 6.42 Å². The van der Waals surface area contributed by atoms with Crippen molar-refractivity contribution in [2.75, 3.05) is 13.1 Å². The van der Waals surface area contributed by atoms with Crippen molar-refractivity contribution in [3.05, 3.63) is 0 Å². The number of hydrogen-bond donors (Lipinski definition) is 1. The van der Waals surface area contributed by atoms with Crippen LogP contribution in [0, 0.1) is 18.3 Å². The second kappa shape index (κ2) is 5.01. The normalized spacial score (nSPS) is 37.7. The van der Waals surface area contributed by atoms with Gasteiger partial charge in [0.05, 0.1) is 12.6 Å². The molecule has 1 N–H and O–H groups in total. The van der Waals surface area contributed by atoms with Crippen molar-refractivity contribution in [3.8, 4) is 12.3 Å². The highest BCUT2D eigenvalue weighted by molar-refractivity contribution is 4.96. The SMILES string of the molecule is C#CCN1CCCCC1C1CCCC1O. The molecule has 3 atom stereocenters. The Morgan fingerprint density at radius 3 is 2.73 bits per heavy atom. The van der Waals surface area contributed by atoms with Crippen LogP contribution in [0.15, 0.2) is 0 Å². The van der Waals surface area contributed by atoms with Gasteiger partial charge in [-0.25, -0.2) is 0 Å². The number of aliphatic hydroxyl groups is 1. The van der Waals surface area contributed by atoms with E-state index in [1.54, 1.807) is 0 Å². The molecule has 84 valence electrons. The molecule has 0 spiro atoms. The summed E-state index contributed by atoms with van der Waals surface area (Å²) in [6.45, 7) is 1.88. The maximum Gasteiger partial charge on any atom is 0.0601 e. The Hall–Kier alpha value is -0.520. The zero-order chi connectivity index (χ0) is 10.7. The van der Waals surface area contributed by atoms with Crippen molar-refractivity contribution >= 4 is 0 Å². The smallest absolute Gasteiger partial charge is 0.0601 e. The average Bonchev–Trinajstić information content (AvgIpc) is 2.66. The number of nitrogens with zero attached hydrogens (tertiary/aromatic N) is 1. The number of hydrogen-bond acceptors (Lipinski definition) is 2. The molecule has 15 heavy (non-hydrogen) atoms. The van der Waals surface area contributed by atoms with E-state index in [9.17, 15) is 5.11 Å². The van der Waals surface area contributed by atoms with E-state index in [0.717, 1.165) is 19.5 Å². The molecule has 0 aromatic carbocycles.